The van der Waals surface area contributed by atoms with Crippen molar-refractivity contribution < 1.29 is 9.59 Å². The summed E-state index contributed by atoms with van der Waals surface area (Å²) in [6.07, 6.45) is 6.13. The van der Waals surface area contributed by atoms with Crippen molar-refractivity contribution in [1.29, 1.82) is 0 Å². The highest BCUT2D eigenvalue weighted by molar-refractivity contribution is 6.03. The molecule has 0 saturated heterocycles. The van der Waals surface area contributed by atoms with E-state index >= 15 is 0 Å². The molecule has 168 valence electrons. The van der Waals surface area contributed by atoms with Crippen LogP contribution in [0.3, 0.4) is 0 Å². The van der Waals surface area contributed by atoms with E-state index in [-0.39, 0.29) is 23.7 Å². The van der Waals surface area contributed by atoms with Crippen LogP contribution in [0.15, 0.2) is 42.5 Å². The van der Waals surface area contributed by atoms with E-state index in [9.17, 15) is 9.59 Å². The molecule has 0 bridgehead atoms. The molecule has 3 amide bonds. The molecule has 0 aliphatic carbocycles. The van der Waals surface area contributed by atoms with Crippen LogP contribution in [0.25, 0.3) is 5.69 Å². The predicted octanol–water partition coefficient (Wildman–Crippen LogP) is 3.29. The van der Waals surface area contributed by atoms with Gasteiger partial charge in [0.1, 0.15) is 0 Å². The van der Waals surface area contributed by atoms with Crippen LogP contribution < -0.4 is 10.6 Å². The van der Waals surface area contributed by atoms with Crippen molar-refractivity contribution >= 4 is 17.6 Å². The fraction of sp³-hybridized carbons (Fsp3) is 0.280. The minimum absolute atomic E-state index is 0.0640. The van der Waals surface area contributed by atoms with E-state index in [1.54, 1.807) is 28.9 Å². The van der Waals surface area contributed by atoms with Gasteiger partial charge in [0, 0.05) is 30.4 Å². The SMILES string of the molecule is C#Cc1cccc(NC(=O)c2nnn(-c3cccc4c3CCN(C(=O)NC(C)C)C4)c2C)c1. The first kappa shape index (κ1) is 22.1. The van der Waals surface area contributed by atoms with E-state index in [0.29, 0.717) is 36.5 Å². The molecule has 0 saturated carbocycles. The third kappa shape index (κ3) is 4.58. The molecule has 2 heterocycles. The standard InChI is InChI=1S/C25H26N6O2/c1-5-18-8-6-10-20(14-18)27-24(32)23-17(4)31(29-28-23)22-11-7-9-19-15-30(13-12-21(19)22)25(33)26-16(2)3/h1,6-11,14,16H,12-13,15H2,2-4H3,(H,26,33)(H,27,32). The van der Waals surface area contributed by atoms with Crippen molar-refractivity contribution in [2.24, 2.45) is 0 Å². The van der Waals surface area contributed by atoms with Gasteiger partial charge in [-0.15, -0.1) is 11.5 Å². The van der Waals surface area contributed by atoms with Gasteiger partial charge < -0.3 is 15.5 Å². The fourth-order valence-electron chi connectivity index (χ4n) is 3.94. The first-order valence-corrected chi connectivity index (χ1v) is 10.8. The Kier molecular flexibility index (Phi) is 6.13. The maximum absolute atomic E-state index is 12.8. The highest BCUT2D eigenvalue weighted by Crippen LogP contribution is 2.26. The molecule has 1 aliphatic heterocycles. The average molecular weight is 443 g/mol. The topological polar surface area (TPSA) is 92.2 Å². The smallest absolute Gasteiger partial charge is 0.317 e. The summed E-state index contributed by atoms with van der Waals surface area (Å²) in [5, 5.41) is 14.2. The lowest BCUT2D eigenvalue weighted by molar-refractivity contribution is 0.102. The number of nitrogens with zero attached hydrogens (tertiary/aromatic N) is 4. The van der Waals surface area contributed by atoms with E-state index in [1.165, 1.54) is 0 Å². The molecule has 0 atom stereocenters. The van der Waals surface area contributed by atoms with Gasteiger partial charge in [0.2, 0.25) is 0 Å². The molecule has 0 fully saturated rings. The lowest BCUT2D eigenvalue weighted by Crippen LogP contribution is -2.45. The summed E-state index contributed by atoms with van der Waals surface area (Å²) in [6, 6.07) is 13.0. The highest BCUT2D eigenvalue weighted by atomic mass is 16.2. The van der Waals surface area contributed by atoms with Crippen molar-refractivity contribution in [3.8, 4) is 18.0 Å². The zero-order chi connectivity index (χ0) is 23.5. The minimum Gasteiger partial charge on any atom is -0.336 e. The van der Waals surface area contributed by atoms with Gasteiger partial charge in [-0.05, 0) is 62.6 Å². The molecule has 0 spiro atoms. The third-order valence-corrected chi connectivity index (χ3v) is 5.57. The number of fused-ring (bicyclic) bond motifs is 1. The average Bonchev–Trinajstić information content (AvgIpc) is 3.19. The van der Waals surface area contributed by atoms with Crippen molar-refractivity contribution in [2.75, 3.05) is 11.9 Å². The number of amides is 3. The van der Waals surface area contributed by atoms with Crippen LogP contribution in [0, 0.1) is 19.3 Å². The Hall–Kier alpha value is -4.12. The van der Waals surface area contributed by atoms with Gasteiger partial charge in [-0.25, -0.2) is 9.48 Å². The van der Waals surface area contributed by atoms with E-state index in [4.69, 9.17) is 6.42 Å². The number of aromatic nitrogens is 3. The Bertz CT molecular complexity index is 1250. The molecule has 1 aliphatic rings. The molecule has 3 aromatic rings. The maximum Gasteiger partial charge on any atom is 0.317 e. The number of benzene rings is 2. The van der Waals surface area contributed by atoms with Gasteiger partial charge in [-0.3, -0.25) is 4.79 Å². The second kappa shape index (κ2) is 9.17. The number of rotatable bonds is 4. The largest absolute Gasteiger partial charge is 0.336 e. The highest BCUT2D eigenvalue weighted by Gasteiger charge is 2.25. The zero-order valence-electron chi connectivity index (χ0n) is 18.9. The third-order valence-electron chi connectivity index (χ3n) is 5.57. The summed E-state index contributed by atoms with van der Waals surface area (Å²) in [5.41, 5.74) is 5.19. The lowest BCUT2D eigenvalue weighted by atomic mass is 9.98. The Morgan fingerprint density at radius 2 is 1.97 bits per heavy atom. The monoisotopic (exact) mass is 442 g/mol. The Labute approximate surface area is 193 Å². The maximum atomic E-state index is 12.8. The van der Waals surface area contributed by atoms with Gasteiger partial charge in [0.25, 0.3) is 5.91 Å². The van der Waals surface area contributed by atoms with E-state index in [1.807, 2.05) is 43.9 Å². The van der Waals surface area contributed by atoms with Crippen LogP contribution in [0.2, 0.25) is 0 Å². The van der Waals surface area contributed by atoms with Crippen LogP contribution >= 0.6 is 0 Å². The van der Waals surface area contributed by atoms with Gasteiger partial charge in [-0.1, -0.05) is 29.3 Å². The van der Waals surface area contributed by atoms with E-state index in [2.05, 4.69) is 26.9 Å². The minimum atomic E-state index is -0.353. The normalized spacial score (nSPS) is 12.8. The molecule has 1 aromatic heterocycles. The van der Waals surface area contributed by atoms with Crippen molar-refractivity contribution in [1.82, 2.24) is 25.2 Å². The van der Waals surface area contributed by atoms with Gasteiger partial charge in [-0.2, -0.15) is 0 Å². The van der Waals surface area contributed by atoms with Crippen molar-refractivity contribution in [3.63, 3.8) is 0 Å². The zero-order valence-corrected chi connectivity index (χ0v) is 18.9. The first-order chi connectivity index (χ1) is 15.9. The summed E-state index contributed by atoms with van der Waals surface area (Å²) < 4.78 is 1.69. The molecular formula is C25H26N6O2. The molecule has 33 heavy (non-hydrogen) atoms. The molecule has 0 unspecified atom stereocenters. The molecular weight excluding hydrogens is 416 g/mol. The molecule has 2 N–H and O–H groups in total. The second-order valence-corrected chi connectivity index (χ2v) is 8.31. The van der Waals surface area contributed by atoms with Gasteiger partial charge in [0.05, 0.1) is 11.4 Å². The molecule has 8 nitrogen and oxygen atoms in total. The number of carbonyl (C=O) groups is 2. The van der Waals surface area contributed by atoms with Gasteiger partial charge in [0.15, 0.2) is 5.69 Å². The number of urea groups is 1. The summed E-state index contributed by atoms with van der Waals surface area (Å²) >= 11 is 0. The number of carbonyl (C=O) groups excluding carboxylic acids is 2. The van der Waals surface area contributed by atoms with Crippen molar-refractivity contribution in [3.05, 3.63) is 70.5 Å². The Morgan fingerprint density at radius 3 is 2.73 bits per heavy atom. The van der Waals surface area contributed by atoms with Gasteiger partial charge >= 0.3 is 6.03 Å². The van der Waals surface area contributed by atoms with Crippen LogP contribution in [0.4, 0.5) is 10.5 Å². The summed E-state index contributed by atoms with van der Waals surface area (Å²) in [4.78, 5) is 27.1. The number of hydrogen-bond acceptors (Lipinski definition) is 4. The van der Waals surface area contributed by atoms with E-state index in [0.717, 1.165) is 16.8 Å². The molecule has 8 heteroatoms. The van der Waals surface area contributed by atoms with Crippen LogP contribution in [0.1, 0.15) is 46.7 Å². The van der Waals surface area contributed by atoms with Crippen LogP contribution in [0.5, 0.6) is 0 Å². The number of hydrogen-bond donors (Lipinski definition) is 2. The summed E-state index contributed by atoms with van der Waals surface area (Å²) in [6.45, 7) is 6.84. The summed E-state index contributed by atoms with van der Waals surface area (Å²) in [7, 11) is 0. The van der Waals surface area contributed by atoms with Crippen molar-refractivity contribution in [2.45, 2.75) is 39.8 Å². The second-order valence-electron chi connectivity index (χ2n) is 8.31. The number of anilines is 1. The first-order valence-electron chi connectivity index (χ1n) is 10.8. The van der Waals surface area contributed by atoms with E-state index < -0.39 is 0 Å². The number of terminal acetylenes is 1. The van der Waals surface area contributed by atoms with Crippen LogP contribution in [-0.4, -0.2) is 44.4 Å². The molecule has 0 radical (unpaired) electrons. The Morgan fingerprint density at radius 1 is 1.18 bits per heavy atom. The molecule has 4 rings (SSSR count). The quantitative estimate of drug-likeness (QED) is 0.607. The Balaban J connectivity index is 1.57. The summed E-state index contributed by atoms with van der Waals surface area (Å²) in [5.74, 6) is 2.20. The van der Waals surface area contributed by atoms with Crippen LogP contribution in [-0.2, 0) is 13.0 Å². The number of nitrogens with one attached hydrogen (secondary N) is 2. The lowest BCUT2D eigenvalue weighted by Gasteiger charge is -2.30. The fourth-order valence-corrected chi connectivity index (χ4v) is 3.94. The molecule has 2 aromatic carbocycles. The predicted molar refractivity (Wildman–Crippen MR) is 126 cm³/mol.